The van der Waals surface area contributed by atoms with E-state index in [1.54, 1.807) is 14.2 Å². The molecule has 0 spiro atoms. The molecule has 1 aliphatic heterocycles. The molecule has 9 heteroatoms. The van der Waals surface area contributed by atoms with Crippen LogP contribution in [-0.4, -0.2) is 55.0 Å². The Bertz CT molecular complexity index is 1540. The number of hydrogen-bond acceptors (Lipinski definition) is 6. The molecule has 0 radical (unpaired) electrons. The number of nitrogens with zero attached hydrogens (tertiary/aromatic N) is 2. The van der Waals surface area contributed by atoms with Crippen LogP contribution in [0.25, 0.3) is 11.3 Å². The zero-order valence-electron chi connectivity index (χ0n) is 24.4. The average Bonchev–Trinajstić information content (AvgIpc) is 3.55. The number of rotatable bonds is 13. The topological polar surface area (TPSA) is 85.9 Å². The lowest BCUT2D eigenvalue weighted by molar-refractivity contribution is 0.0745. The van der Waals surface area contributed by atoms with E-state index in [9.17, 15) is 4.79 Å². The molecule has 1 aliphatic rings. The average molecular weight is 590 g/mol. The second kappa shape index (κ2) is 13.2. The molecule has 4 aromatic rings. The number of aromatic nitrogens is 2. The number of halogens is 1. The number of aromatic amines is 1. The highest BCUT2D eigenvalue weighted by Crippen LogP contribution is 2.45. The maximum atomic E-state index is 13.9. The molecular weight excluding hydrogens is 554 g/mol. The number of methoxy groups -OCH3 is 2. The number of unbranched alkanes of at least 4 members (excludes halogenated alkanes) is 1. The van der Waals surface area contributed by atoms with Crippen molar-refractivity contribution in [3.05, 3.63) is 88.1 Å². The molecule has 1 N–H and O–H groups in total. The monoisotopic (exact) mass is 589 g/mol. The van der Waals surface area contributed by atoms with Gasteiger partial charge in [-0.05, 0) is 67.3 Å². The predicted molar refractivity (Wildman–Crippen MR) is 163 cm³/mol. The van der Waals surface area contributed by atoms with Gasteiger partial charge in [0.15, 0.2) is 23.0 Å². The summed E-state index contributed by atoms with van der Waals surface area (Å²) in [6.07, 6.45) is 2.61. The lowest BCUT2D eigenvalue weighted by Gasteiger charge is -2.27. The third-order valence-electron chi connectivity index (χ3n) is 7.41. The fraction of sp³-hybridized carbons (Fsp3) is 0.333. The van der Waals surface area contributed by atoms with Crippen LogP contribution in [0.15, 0.2) is 60.7 Å². The smallest absolute Gasteiger partial charge is 0.273 e. The first-order chi connectivity index (χ1) is 20.5. The van der Waals surface area contributed by atoms with Crippen molar-refractivity contribution in [1.29, 1.82) is 0 Å². The molecule has 2 heterocycles. The largest absolute Gasteiger partial charge is 0.493 e. The van der Waals surface area contributed by atoms with E-state index in [1.165, 1.54) is 0 Å². The van der Waals surface area contributed by atoms with Crippen molar-refractivity contribution in [1.82, 2.24) is 15.1 Å². The standard InChI is InChI=1S/C33H36ClN3O5/c1-5-7-18-42-26-15-11-23(20-28(26)41-6-2)32-29-30(22-9-12-24(34)13-10-22)35-36-31(29)33(38)37(32)17-16-21-8-14-25(39-3)27(19-21)40-4/h8-15,19-20,32H,5-7,16-18H2,1-4H3,(H,35,36). The highest BCUT2D eigenvalue weighted by Gasteiger charge is 2.42. The van der Waals surface area contributed by atoms with Gasteiger partial charge in [-0.2, -0.15) is 5.10 Å². The minimum Gasteiger partial charge on any atom is -0.493 e. The number of carbonyl (C=O) groups excluding carboxylic acids is 1. The first-order valence-electron chi connectivity index (χ1n) is 14.2. The number of carbonyl (C=O) groups is 1. The van der Waals surface area contributed by atoms with Crippen molar-refractivity contribution < 1.29 is 23.7 Å². The maximum Gasteiger partial charge on any atom is 0.273 e. The molecule has 8 nitrogen and oxygen atoms in total. The van der Waals surface area contributed by atoms with E-state index in [2.05, 4.69) is 17.1 Å². The number of nitrogens with one attached hydrogen (secondary N) is 1. The van der Waals surface area contributed by atoms with Crippen molar-refractivity contribution in [3.8, 4) is 34.3 Å². The maximum absolute atomic E-state index is 13.9. The Morgan fingerprint density at radius 1 is 0.905 bits per heavy atom. The lowest BCUT2D eigenvalue weighted by atomic mass is 9.95. The van der Waals surface area contributed by atoms with Gasteiger partial charge < -0.3 is 23.8 Å². The van der Waals surface area contributed by atoms with Crippen LogP contribution in [0.1, 0.15) is 59.9 Å². The van der Waals surface area contributed by atoms with Crippen molar-refractivity contribution in [2.45, 2.75) is 39.2 Å². The SMILES string of the molecule is CCCCOc1ccc(C2c3c(-c4ccc(Cl)cc4)n[nH]c3C(=O)N2CCc2ccc(OC)c(OC)c2)cc1OCC. The Balaban J connectivity index is 1.54. The predicted octanol–water partition coefficient (Wildman–Crippen LogP) is 7.11. The molecule has 0 saturated carbocycles. The number of ether oxygens (including phenoxy) is 4. The number of benzene rings is 3. The van der Waals surface area contributed by atoms with E-state index in [0.717, 1.165) is 40.8 Å². The minimum atomic E-state index is -0.388. The second-order valence-corrected chi connectivity index (χ2v) is 10.5. The second-order valence-electron chi connectivity index (χ2n) is 10.0. The summed E-state index contributed by atoms with van der Waals surface area (Å²) in [4.78, 5) is 15.8. The molecule has 220 valence electrons. The van der Waals surface area contributed by atoms with Crippen LogP contribution < -0.4 is 18.9 Å². The Morgan fingerprint density at radius 2 is 1.67 bits per heavy atom. The molecule has 0 bridgehead atoms. The van der Waals surface area contributed by atoms with E-state index >= 15 is 0 Å². The first-order valence-corrected chi connectivity index (χ1v) is 14.6. The van der Waals surface area contributed by atoms with E-state index in [4.69, 9.17) is 30.5 Å². The van der Waals surface area contributed by atoms with Gasteiger partial charge in [0, 0.05) is 22.7 Å². The van der Waals surface area contributed by atoms with Crippen molar-refractivity contribution in [2.75, 3.05) is 34.0 Å². The summed E-state index contributed by atoms with van der Waals surface area (Å²) in [5.74, 6) is 2.56. The van der Waals surface area contributed by atoms with Gasteiger partial charge in [0.25, 0.3) is 5.91 Å². The molecule has 3 aromatic carbocycles. The summed E-state index contributed by atoms with van der Waals surface area (Å²) in [6.45, 7) is 5.66. The van der Waals surface area contributed by atoms with Gasteiger partial charge in [-0.1, -0.05) is 49.2 Å². The molecule has 0 saturated heterocycles. The summed E-state index contributed by atoms with van der Waals surface area (Å²) < 4.78 is 22.9. The van der Waals surface area contributed by atoms with Crippen LogP contribution in [0.4, 0.5) is 0 Å². The molecule has 1 unspecified atom stereocenters. The fourth-order valence-electron chi connectivity index (χ4n) is 5.30. The number of hydrogen-bond donors (Lipinski definition) is 1. The van der Waals surface area contributed by atoms with Crippen LogP contribution >= 0.6 is 11.6 Å². The fourth-order valence-corrected chi connectivity index (χ4v) is 5.42. The Hall–Kier alpha value is -4.17. The minimum absolute atomic E-state index is 0.107. The van der Waals surface area contributed by atoms with Crippen LogP contribution in [0.5, 0.6) is 23.0 Å². The van der Waals surface area contributed by atoms with Gasteiger partial charge in [0.2, 0.25) is 0 Å². The molecule has 5 rings (SSSR count). The van der Waals surface area contributed by atoms with Crippen LogP contribution in [0.3, 0.4) is 0 Å². The molecule has 1 aromatic heterocycles. The normalized spacial score (nSPS) is 14.2. The third-order valence-corrected chi connectivity index (χ3v) is 7.66. The molecule has 0 fully saturated rings. The van der Waals surface area contributed by atoms with Crippen LogP contribution in [-0.2, 0) is 6.42 Å². The van der Waals surface area contributed by atoms with Crippen molar-refractivity contribution in [3.63, 3.8) is 0 Å². The first kappa shape index (κ1) is 29.3. The van der Waals surface area contributed by atoms with Crippen molar-refractivity contribution in [2.24, 2.45) is 0 Å². The highest BCUT2D eigenvalue weighted by atomic mass is 35.5. The van der Waals surface area contributed by atoms with Gasteiger partial charge >= 0.3 is 0 Å². The van der Waals surface area contributed by atoms with E-state index in [0.29, 0.717) is 59.9 Å². The highest BCUT2D eigenvalue weighted by molar-refractivity contribution is 6.30. The Labute approximate surface area is 251 Å². The molecule has 1 atom stereocenters. The quantitative estimate of drug-likeness (QED) is 0.167. The number of amides is 1. The zero-order valence-corrected chi connectivity index (χ0v) is 25.2. The van der Waals surface area contributed by atoms with Gasteiger partial charge in [-0.25, -0.2) is 0 Å². The molecule has 0 aliphatic carbocycles. The summed E-state index contributed by atoms with van der Waals surface area (Å²) >= 11 is 6.18. The van der Waals surface area contributed by atoms with E-state index in [1.807, 2.05) is 72.5 Å². The van der Waals surface area contributed by atoms with Gasteiger partial charge in [-0.15, -0.1) is 0 Å². The van der Waals surface area contributed by atoms with Crippen LogP contribution in [0.2, 0.25) is 5.02 Å². The van der Waals surface area contributed by atoms with Gasteiger partial charge in [-0.3, -0.25) is 9.89 Å². The van der Waals surface area contributed by atoms with Gasteiger partial charge in [0.1, 0.15) is 5.69 Å². The summed E-state index contributed by atoms with van der Waals surface area (Å²) in [5, 5.41) is 8.25. The third kappa shape index (κ3) is 5.90. The lowest BCUT2D eigenvalue weighted by Crippen LogP contribution is -2.31. The zero-order chi connectivity index (χ0) is 29.6. The number of fused-ring (bicyclic) bond motifs is 1. The summed E-state index contributed by atoms with van der Waals surface area (Å²) in [6, 6.07) is 18.9. The Morgan fingerprint density at radius 3 is 2.38 bits per heavy atom. The molecule has 42 heavy (non-hydrogen) atoms. The molecular formula is C33H36ClN3O5. The van der Waals surface area contributed by atoms with Crippen molar-refractivity contribution >= 4 is 17.5 Å². The van der Waals surface area contributed by atoms with Gasteiger partial charge in [0.05, 0.1) is 39.2 Å². The molecule has 1 amide bonds. The number of H-pyrrole nitrogens is 1. The van der Waals surface area contributed by atoms with E-state index in [-0.39, 0.29) is 11.9 Å². The Kier molecular flexibility index (Phi) is 9.22. The summed E-state index contributed by atoms with van der Waals surface area (Å²) in [7, 11) is 3.23. The van der Waals surface area contributed by atoms with Crippen LogP contribution in [0, 0.1) is 0 Å². The summed E-state index contributed by atoms with van der Waals surface area (Å²) in [5.41, 5.74) is 4.85. The van der Waals surface area contributed by atoms with E-state index < -0.39 is 0 Å².